The Labute approximate surface area is 113 Å². The second-order valence-electron chi connectivity index (χ2n) is 4.20. The maximum Gasteiger partial charge on any atom is 0.341 e. The van der Waals surface area contributed by atoms with Gasteiger partial charge in [-0.1, -0.05) is 42.5 Å². The summed E-state index contributed by atoms with van der Waals surface area (Å²) in [7, 11) is 0. The van der Waals surface area contributed by atoms with Crippen LogP contribution >= 0.6 is 0 Å². The number of carbonyl (C=O) groups excluding carboxylic acids is 1. The van der Waals surface area contributed by atoms with E-state index in [9.17, 15) is 4.79 Å². The van der Waals surface area contributed by atoms with Gasteiger partial charge in [0.2, 0.25) is 0 Å². The first-order valence-corrected chi connectivity index (χ1v) is 6.30. The molecule has 2 heteroatoms. The van der Waals surface area contributed by atoms with Crippen LogP contribution in [0.1, 0.15) is 19.4 Å². The maximum absolute atomic E-state index is 11.5. The summed E-state index contributed by atoms with van der Waals surface area (Å²) in [6.45, 7) is 3.88. The molecule has 2 nitrogen and oxygen atoms in total. The normalized spacial score (nSPS) is 9.79. The Morgan fingerprint density at radius 3 is 2.74 bits per heavy atom. The number of fused-ring (bicyclic) bond motifs is 1. The Balaban J connectivity index is 2.41. The van der Waals surface area contributed by atoms with Crippen LogP contribution < -0.4 is 0 Å². The molecule has 0 saturated carbocycles. The minimum absolute atomic E-state index is 0.320. The highest BCUT2D eigenvalue weighted by Crippen LogP contribution is 2.19. The Bertz CT molecular complexity index is 657. The van der Waals surface area contributed by atoms with Crippen molar-refractivity contribution in [2.24, 2.45) is 0 Å². The van der Waals surface area contributed by atoms with Crippen LogP contribution in [0.5, 0.6) is 0 Å². The molecule has 0 heterocycles. The van der Waals surface area contributed by atoms with Crippen LogP contribution in [-0.2, 0) is 9.53 Å². The summed E-state index contributed by atoms with van der Waals surface area (Å²) in [6, 6.07) is 14.2. The minimum atomic E-state index is -0.320. The molecular formula is C17H16O2. The average Bonchev–Trinajstić information content (AvgIpc) is 2.45. The van der Waals surface area contributed by atoms with Crippen LogP contribution in [0, 0.1) is 0 Å². The van der Waals surface area contributed by atoms with E-state index in [1.165, 1.54) is 5.39 Å². The van der Waals surface area contributed by atoms with Gasteiger partial charge in [-0.25, -0.2) is 4.79 Å². The molecule has 0 atom stereocenters. The molecule has 2 rings (SSSR count). The zero-order valence-corrected chi connectivity index (χ0v) is 11.1. The first-order valence-electron chi connectivity index (χ1n) is 6.30. The topological polar surface area (TPSA) is 26.3 Å². The summed E-state index contributed by atoms with van der Waals surface area (Å²) in [6.07, 6.45) is 1.83. The van der Waals surface area contributed by atoms with E-state index in [2.05, 4.69) is 23.9 Å². The smallest absolute Gasteiger partial charge is 0.341 e. The van der Waals surface area contributed by atoms with Crippen molar-refractivity contribution in [3.63, 3.8) is 0 Å². The summed E-state index contributed by atoms with van der Waals surface area (Å²) in [5.41, 5.74) is 4.52. The van der Waals surface area contributed by atoms with E-state index >= 15 is 0 Å². The Hall–Kier alpha value is -2.31. The fraction of sp³-hybridized carbons (Fsp3) is 0.176. The Kier molecular flexibility index (Phi) is 4.17. The molecule has 0 saturated heterocycles. The molecule has 0 unspecified atom stereocenters. The predicted molar refractivity (Wildman–Crippen MR) is 77.7 cm³/mol. The van der Waals surface area contributed by atoms with E-state index in [1.807, 2.05) is 30.3 Å². The van der Waals surface area contributed by atoms with Crippen molar-refractivity contribution in [3.05, 3.63) is 59.3 Å². The van der Waals surface area contributed by atoms with Gasteiger partial charge in [-0.05, 0) is 36.3 Å². The van der Waals surface area contributed by atoms with Gasteiger partial charge in [0.1, 0.15) is 0 Å². The van der Waals surface area contributed by atoms with Crippen molar-refractivity contribution >= 4 is 22.8 Å². The number of esters is 1. The monoisotopic (exact) mass is 252 g/mol. The highest BCUT2D eigenvalue weighted by atomic mass is 16.5. The first kappa shape index (κ1) is 13.1. The van der Waals surface area contributed by atoms with E-state index in [-0.39, 0.29) is 5.97 Å². The van der Waals surface area contributed by atoms with Gasteiger partial charge in [0.25, 0.3) is 0 Å². The van der Waals surface area contributed by atoms with Crippen molar-refractivity contribution < 1.29 is 9.53 Å². The fourth-order valence-corrected chi connectivity index (χ4v) is 1.86. The predicted octanol–water partition coefficient (Wildman–Crippen LogP) is 3.96. The number of hydrogen-bond acceptors (Lipinski definition) is 2. The van der Waals surface area contributed by atoms with E-state index < -0.39 is 0 Å². The number of benzene rings is 2. The van der Waals surface area contributed by atoms with Gasteiger partial charge in [0, 0.05) is 0 Å². The van der Waals surface area contributed by atoms with Crippen LogP contribution in [0.2, 0.25) is 0 Å². The van der Waals surface area contributed by atoms with Gasteiger partial charge in [-0.3, -0.25) is 0 Å². The van der Waals surface area contributed by atoms with Gasteiger partial charge < -0.3 is 4.74 Å². The maximum atomic E-state index is 11.5. The van der Waals surface area contributed by atoms with Crippen LogP contribution in [0.4, 0.5) is 0 Å². The average molecular weight is 252 g/mol. The molecule has 0 aliphatic carbocycles. The van der Waals surface area contributed by atoms with E-state index in [0.29, 0.717) is 12.2 Å². The number of ether oxygens (including phenoxy) is 1. The lowest BCUT2D eigenvalue weighted by atomic mass is 10.0. The molecule has 0 spiro atoms. The van der Waals surface area contributed by atoms with Crippen molar-refractivity contribution in [2.75, 3.05) is 6.61 Å². The van der Waals surface area contributed by atoms with Crippen molar-refractivity contribution in [2.45, 2.75) is 13.8 Å². The number of carbonyl (C=O) groups is 1. The van der Waals surface area contributed by atoms with E-state index in [1.54, 1.807) is 13.8 Å². The van der Waals surface area contributed by atoms with Crippen molar-refractivity contribution in [1.82, 2.24) is 0 Å². The summed E-state index contributed by atoms with van der Waals surface area (Å²) in [4.78, 5) is 11.5. The van der Waals surface area contributed by atoms with Crippen molar-refractivity contribution in [3.8, 4) is 0 Å². The minimum Gasteiger partial charge on any atom is -0.462 e. The molecule has 0 aliphatic rings. The third-order valence-corrected chi connectivity index (χ3v) is 2.85. The van der Waals surface area contributed by atoms with Crippen LogP contribution in [0.25, 0.3) is 16.8 Å². The fourth-order valence-electron chi connectivity index (χ4n) is 1.86. The highest BCUT2D eigenvalue weighted by Gasteiger charge is 2.02. The molecular weight excluding hydrogens is 236 g/mol. The van der Waals surface area contributed by atoms with Gasteiger partial charge in [0.15, 0.2) is 0 Å². The second-order valence-corrected chi connectivity index (χ2v) is 4.20. The standard InChI is InChI=1S/C17H16O2/c1-3-19-17(18)13(2)11-12-15-9-6-8-14-7-4-5-10-16(14)15/h4-10,12H,3H2,1-2H3. The molecule has 0 fully saturated rings. The van der Waals surface area contributed by atoms with Crippen LogP contribution in [-0.4, -0.2) is 12.6 Å². The summed E-state index contributed by atoms with van der Waals surface area (Å²) >= 11 is 0. The molecule has 2 aromatic carbocycles. The van der Waals surface area contributed by atoms with E-state index in [0.717, 1.165) is 10.9 Å². The zero-order chi connectivity index (χ0) is 13.7. The van der Waals surface area contributed by atoms with Gasteiger partial charge >= 0.3 is 5.97 Å². The lowest BCUT2D eigenvalue weighted by Gasteiger charge is -2.01. The molecule has 0 N–H and O–H groups in total. The first-order chi connectivity index (χ1) is 9.22. The summed E-state index contributed by atoms with van der Waals surface area (Å²) in [5, 5.41) is 2.32. The van der Waals surface area contributed by atoms with Crippen molar-refractivity contribution in [1.29, 1.82) is 0 Å². The van der Waals surface area contributed by atoms with Gasteiger partial charge in [-0.15, -0.1) is 5.73 Å². The number of hydrogen-bond donors (Lipinski definition) is 0. The van der Waals surface area contributed by atoms with Crippen LogP contribution in [0.3, 0.4) is 0 Å². The summed E-state index contributed by atoms with van der Waals surface area (Å²) in [5.74, 6) is -0.320. The zero-order valence-electron chi connectivity index (χ0n) is 11.1. The second kappa shape index (κ2) is 6.03. The van der Waals surface area contributed by atoms with Gasteiger partial charge in [0.05, 0.1) is 12.2 Å². The molecule has 2 aromatic rings. The number of rotatable bonds is 3. The lowest BCUT2D eigenvalue weighted by molar-refractivity contribution is -0.138. The summed E-state index contributed by atoms with van der Waals surface area (Å²) < 4.78 is 4.92. The third kappa shape index (κ3) is 3.12. The largest absolute Gasteiger partial charge is 0.462 e. The quantitative estimate of drug-likeness (QED) is 0.469. The molecule has 0 bridgehead atoms. The molecule has 0 radical (unpaired) electrons. The molecule has 0 amide bonds. The highest BCUT2D eigenvalue weighted by molar-refractivity contribution is 5.92. The Morgan fingerprint density at radius 2 is 1.95 bits per heavy atom. The lowest BCUT2D eigenvalue weighted by Crippen LogP contribution is -2.03. The molecule has 0 aromatic heterocycles. The SMILES string of the molecule is CCOC(=O)C(C)=C=Cc1cccc2ccccc12. The molecule has 0 aliphatic heterocycles. The molecule has 19 heavy (non-hydrogen) atoms. The van der Waals surface area contributed by atoms with Gasteiger partial charge in [-0.2, -0.15) is 0 Å². The van der Waals surface area contributed by atoms with Crippen LogP contribution in [0.15, 0.2) is 53.8 Å². The third-order valence-electron chi connectivity index (χ3n) is 2.85. The Morgan fingerprint density at radius 1 is 1.21 bits per heavy atom. The molecule has 96 valence electrons. The van der Waals surface area contributed by atoms with E-state index in [4.69, 9.17) is 4.74 Å².